The SMILES string of the molecule is COc1ccc(C(=O)Nc2ccc(NC3CC3)nc2)cc1OC. The largest absolute Gasteiger partial charge is 0.493 e. The lowest BCUT2D eigenvalue weighted by atomic mass is 10.2. The number of pyridine rings is 1. The third-order valence-corrected chi connectivity index (χ3v) is 3.60. The quantitative estimate of drug-likeness (QED) is 0.858. The maximum atomic E-state index is 12.3. The second-order valence-electron chi connectivity index (χ2n) is 5.37. The molecule has 2 aromatic rings. The second kappa shape index (κ2) is 6.56. The average Bonchev–Trinajstić information content (AvgIpc) is 3.40. The Bertz CT molecular complexity index is 697. The molecule has 0 aliphatic heterocycles. The van der Waals surface area contributed by atoms with E-state index in [9.17, 15) is 4.79 Å². The van der Waals surface area contributed by atoms with Crippen molar-refractivity contribution in [3.63, 3.8) is 0 Å². The molecule has 1 aromatic heterocycles. The van der Waals surface area contributed by atoms with Gasteiger partial charge in [0, 0.05) is 11.6 Å². The predicted octanol–water partition coefficient (Wildman–Crippen LogP) is 2.93. The number of carbonyl (C=O) groups excluding carboxylic acids is 1. The minimum absolute atomic E-state index is 0.226. The molecule has 23 heavy (non-hydrogen) atoms. The zero-order chi connectivity index (χ0) is 16.2. The van der Waals surface area contributed by atoms with Crippen LogP contribution in [-0.4, -0.2) is 31.2 Å². The van der Waals surface area contributed by atoms with Crippen molar-refractivity contribution in [2.75, 3.05) is 24.9 Å². The highest BCUT2D eigenvalue weighted by atomic mass is 16.5. The Morgan fingerprint density at radius 3 is 2.52 bits per heavy atom. The molecule has 1 aliphatic rings. The number of ether oxygens (including phenoxy) is 2. The normalized spacial score (nSPS) is 13.3. The molecule has 1 aromatic carbocycles. The first-order valence-corrected chi connectivity index (χ1v) is 7.45. The van der Waals surface area contributed by atoms with Crippen molar-refractivity contribution in [3.05, 3.63) is 42.1 Å². The lowest BCUT2D eigenvalue weighted by Crippen LogP contribution is -2.12. The first-order chi connectivity index (χ1) is 11.2. The lowest BCUT2D eigenvalue weighted by molar-refractivity contribution is 0.102. The van der Waals surface area contributed by atoms with Crippen LogP contribution in [0, 0.1) is 0 Å². The number of hydrogen-bond acceptors (Lipinski definition) is 5. The third-order valence-electron chi connectivity index (χ3n) is 3.60. The Morgan fingerprint density at radius 2 is 1.91 bits per heavy atom. The molecule has 1 heterocycles. The highest BCUT2D eigenvalue weighted by molar-refractivity contribution is 6.04. The van der Waals surface area contributed by atoms with Crippen molar-refractivity contribution >= 4 is 17.4 Å². The van der Waals surface area contributed by atoms with Crippen LogP contribution >= 0.6 is 0 Å². The van der Waals surface area contributed by atoms with Gasteiger partial charge in [-0.2, -0.15) is 0 Å². The molecule has 3 rings (SSSR count). The minimum Gasteiger partial charge on any atom is -0.493 e. The Kier molecular flexibility index (Phi) is 4.32. The fourth-order valence-corrected chi connectivity index (χ4v) is 2.17. The summed E-state index contributed by atoms with van der Waals surface area (Å²) in [6.45, 7) is 0. The van der Waals surface area contributed by atoms with Gasteiger partial charge in [0.15, 0.2) is 11.5 Å². The van der Waals surface area contributed by atoms with Gasteiger partial charge in [0.2, 0.25) is 0 Å². The molecule has 0 unspecified atom stereocenters. The van der Waals surface area contributed by atoms with Gasteiger partial charge in [0.25, 0.3) is 5.91 Å². The van der Waals surface area contributed by atoms with Gasteiger partial charge in [-0.05, 0) is 43.2 Å². The summed E-state index contributed by atoms with van der Waals surface area (Å²) in [7, 11) is 3.09. The first kappa shape index (κ1) is 15.1. The standard InChI is InChI=1S/C17H19N3O3/c1-22-14-7-3-11(9-15(14)23-2)17(21)20-13-6-8-16(18-10-13)19-12-4-5-12/h3,6-10,12H,4-5H2,1-2H3,(H,18,19)(H,20,21). The molecule has 1 saturated carbocycles. The fraction of sp³-hybridized carbons (Fsp3) is 0.294. The van der Waals surface area contributed by atoms with Crippen molar-refractivity contribution in [1.82, 2.24) is 4.98 Å². The molecule has 0 saturated heterocycles. The van der Waals surface area contributed by atoms with Gasteiger partial charge in [0.1, 0.15) is 5.82 Å². The van der Waals surface area contributed by atoms with Crippen LogP contribution in [0.4, 0.5) is 11.5 Å². The summed E-state index contributed by atoms with van der Waals surface area (Å²) in [6.07, 6.45) is 4.03. The number of hydrogen-bond donors (Lipinski definition) is 2. The van der Waals surface area contributed by atoms with Crippen LogP contribution in [-0.2, 0) is 0 Å². The zero-order valence-electron chi connectivity index (χ0n) is 13.1. The van der Waals surface area contributed by atoms with Gasteiger partial charge in [-0.3, -0.25) is 4.79 Å². The molecule has 120 valence electrons. The number of anilines is 2. The maximum absolute atomic E-state index is 12.3. The van der Waals surface area contributed by atoms with Crippen molar-refractivity contribution in [3.8, 4) is 11.5 Å². The van der Waals surface area contributed by atoms with Crippen LogP contribution in [0.2, 0.25) is 0 Å². The zero-order valence-corrected chi connectivity index (χ0v) is 13.1. The summed E-state index contributed by atoms with van der Waals surface area (Å²) in [5.74, 6) is 1.70. The van der Waals surface area contributed by atoms with E-state index < -0.39 is 0 Å². The van der Waals surface area contributed by atoms with E-state index in [0.29, 0.717) is 28.8 Å². The monoisotopic (exact) mass is 313 g/mol. The van der Waals surface area contributed by atoms with E-state index in [0.717, 1.165) is 5.82 Å². The summed E-state index contributed by atoms with van der Waals surface area (Å²) in [4.78, 5) is 16.6. The molecular formula is C17H19N3O3. The molecule has 0 spiro atoms. The molecule has 0 atom stereocenters. The number of amides is 1. The van der Waals surface area contributed by atoms with E-state index in [-0.39, 0.29) is 5.91 Å². The van der Waals surface area contributed by atoms with Gasteiger partial charge in [-0.15, -0.1) is 0 Å². The molecule has 0 bridgehead atoms. The van der Waals surface area contributed by atoms with Gasteiger partial charge >= 0.3 is 0 Å². The molecule has 6 nitrogen and oxygen atoms in total. The smallest absolute Gasteiger partial charge is 0.255 e. The van der Waals surface area contributed by atoms with Crippen LogP contribution in [0.5, 0.6) is 11.5 Å². The van der Waals surface area contributed by atoms with E-state index in [2.05, 4.69) is 15.6 Å². The van der Waals surface area contributed by atoms with Gasteiger partial charge in [-0.25, -0.2) is 4.98 Å². The van der Waals surface area contributed by atoms with E-state index in [1.807, 2.05) is 12.1 Å². The third kappa shape index (κ3) is 3.71. The summed E-state index contributed by atoms with van der Waals surface area (Å²) in [6, 6.07) is 9.28. The van der Waals surface area contributed by atoms with Crippen LogP contribution < -0.4 is 20.1 Å². The van der Waals surface area contributed by atoms with Crippen molar-refractivity contribution in [2.45, 2.75) is 18.9 Å². The Hall–Kier alpha value is -2.76. The van der Waals surface area contributed by atoms with Crippen LogP contribution in [0.3, 0.4) is 0 Å². The van der Waals surface area contributed by atoms with E-state index in [1.165, 1.54) is 20.0 Å². The number of nitrogens with zero attached hydrogens (tertiary/aromatic N) is 1. The molecular weight excluding hydrogens is 294 g/mol. The summed E-state index contributed by atoms with van der Waals surface area (Å²) in [5, 5.41) is 6.12. The minimum atomic E-state index is -0.226. The van der Waals surface area contributed by atoms with E-state index >= 15 is 0 Å². The molecule has 1 aliphatic carbocycles. The van der Waals surface area contributed by atoms with Crippen LogP contribution in [0.15, 0.2) is 36.5 Å². The molecule has 2 N–H and O–H groups in total. The van der Waals surface area contributed by atoms with Crippen molar-refractivity contribution in [2.24, 2.45) is 0 Å². The van der Waals surface area contributed by atoms with E-state index in [1.54, 1.807) is 31.5 Å². The summed E-state index contributed by atoms with van der Waals surface area (Å²) < 4.78 is 10.4. The number of carbonyl (C=O) groups is 1. The van der Waals surface area contributed by atoms with Crippen LogP contribution in [0.1, 0.15) is 23.2 Å². The average molecular weight is 313 g/mol. The second-order valence-corrected chi connectivity index (χ2v) is 5.37. The lowest BCUT2D eigenvalue weighted by Gasteiger charge is -2.10. The predicted molar refractivity (Wildman–Crippen MR) is 88.4 cm³/mol. The first-order valence-electron chi connectivity index (χ1n) is 7.45. The number of methoxy groups -OCH3 is 2. The summed E-state index contributed by atoms with van der Waals surface area (Å²) in [5.41, 5.74) is 1.13. The van der Waals surface area contributed by atoms with Gasteiger partial charge in [-0.1, -0.05) is 0 Å². The number of aromatic nitrogens is 1. The fourth-order valence-electron chi connectivity index (χ4n) is 2.17. The van der Waals surface area contributed by atoms with Crippen molar-refractivity contribution < 1.29 is 14.3 Å². The van der Waals surface area contributed by atoms with E-state index in [4.69, 9.17) is 9.47 Å². The Morgan fingerprint density at radius 1 is 1.13 bits per heavy atom. The number of benzene rings is 1. The van der Waals surface area contributed by atoms with Gasteiger partial charge in [0.05, 0.1) is 26.1 Å². The number of rotatable bonds is 6. The van der Waals surface area contributed by atoms with Crippen LogP contribution in [0.25, 0.3) is 0 Å². The Balaban J connectivity index is 1.68. The maximum Gasteiger partial charge on any atom is 0.255 e. The Labute approximate surface area is 134 Å². The van der Waals surface area contributed by atoms with Crippen molar-refractivity contribution in [1.29, 1.82) is 0 Å². The van der Waals surface area contributed by atoms with Gasteiger partial charge < -0.3 is 20.1 Å². The molecule has 1 fully saturated rings. The summed E-state index contributed by atoms with van der Waals surface area (Å²) >= 11 is 0. The number of nitrogens with one attached hydrogen (secondary N) is 2. The highest BCUT2D eigenvalue weighted by Crippen LogP contribution is 2.28. The topological polar surface area (TPSA) is 72.5 Å². The highest BCUT2D eigenvalue weighted by Gasteiger charge is 2.21. The molecule has 0 radical (unpaired) electrons. The molecule has 1 amide bonds. The molecule has 6 heteroatoms.